The van der Waals surface area contributed by atoms with Crippen molar-refractivity contribution in [3.05, 3.63) is 36.1 Å². The van der Waals surface area contributed by atoms with Crippen molar-refractivity contribution in [2.24, 2.45) is 5.92 Å². The number of alkyl halides is 1. The Labute approximate surface area is 107 Å². The molecule has 90 valence electrons. The van der Waals surface area contributed by atoms with E-state index in [4.69, 9.17) is 16.0 Å². The van der Waals surface area contributed by atoms with Crippen LogP contribution in [0, 0.1) is 5.92 Å². The van der Waals surface area contributed by atoms with Crippen LogP contribution >= 0.6 is 11.6 Å². The summed E-state index contributed by atoms with van der Waals surface area (Å²) in [5.74, 6) is 1.53. The number of furan rings is 1. The van der Waals surface area contributed by atoms with Crippen LogP contribution in [0.1, 0.15) is 43.2 Å². The second-order valence-corrected chi connectivity index (χ2v) is 5.46. The van der Waals surface area contributed by atoms with Crippen LogP contribution < -0.4 is 0 Å². The van der Waals surface area contributed by atoms with Gasteiger partial charge in [-0.25, -0.2) is 0 Å². The average Bonchev–Trinajstić information content (AvgIpc) is 2.82. The van der Waals surface area contributed by atoms with Gasteiger partial charge in [0.15, 0.2) is 0 Å². The fraction of sp³-hybridized carbons (Fsp3) is 0.467. The zero-order valence-corrected chi connectivity index (χ0v) is 10.6. The number of hydrogen-bond acceptors (Lipinski definition) is 1. The maximum Gasteiger partial charge on any atom is 0.134 e. The van der Waals surface area contributed by atoms with Gasteiger partial charge in [-0.3, -0.25) is 0 Å². The van der Waals surface area contributed by atoms with E-state index in [1.54, 1.807) is 0 Å². The van der Waals surface area contributed by atoms with Crippen LogP contribution in [0.15, 0.2) is 34.7 Å². The molecule has 0 bridgehead atoms. The molecule has 0 radical (unpaired) electrons. The molecule has 1 nitrogen and oxygen atoms in total. The van der Waals surface area contributed by atoms with Gasteiger partial charge < -0.3 is 4.42 Å². The molecule has 0 spiro atoms. The van der Waals surface area contributed by atoms with Crippen molar-refractivity contribution in [2.75, 3.05) is 0 Å². The highest BCUT2D eigenvalue weighted by atomic mass is 35.5. The first-order chi connectivity index (χ1) is 8.34. The van der Waals surface area contributed by atoms with Crippen molar-refractivity contribution in [3.8, 4) is 0 Å². The molecule has 0 aliphatic heterocycles. The van der Waals surface area contributed by atoms with E-state index in [0.717, 1.165) is 16.7 Å². The molecule has 1 heterocycles. The van der Waals surface area contributed by atoms with Gasteiger partial charge in [0.05, 0.1) is 5.38 Å². The highest BCUT2D eigenvalue weighted by Gasteiger charge is 2.25. The van der Waals surface area contributed by atoms with Gasteiger partial charge in [-0.1, -0.05) is 37.5 Å². The summed E-state index contributed by atoms with van der Waals surface area (Å²) in [6.07, 6.45) is 6.47. The molecule has 1 saturated carbocycles. The van der Waals surface area contributed by atoms with Crippen molar-refractivity contribution in [1.29, 1.82) is 0 Å². The third kappa shape index (κ3) is 2.21. The molecule has 1 aliphatic rings. The molecule has 0 N–H and O–H groups in total. The molecule has 0 saturated heterocycles. The number of halogens is 1. The van der Waals surface area contributed by atoms with Gasteiger partial charge in [0.1, 0.15) is 11.3 Å². The Morgan fingerprint density at radius 2 is 1.88 bits per heavy atom. The molecule has 1 atom stereocenters. The number of rotatable bonds is 2. The molecular formula is C15H17ClO. The first kappa shape index (κ1) is 11.2. The van der Waals surface area contributed by atoms with Crippen LogP contribution in [-0.2, 0) is 0 Å². The molecule has 0 amide bonds. The third-order valence-corrected chi connectivity index (χ3v) is 4.35. The summed E-state index contributed by atoms with van der Waals surface area (Å²) in [6.45, 7) is 0. The molecule has 1 fully saturated rings. The smallest absolute Gasteiger partial charge is 0.134 e. The largest absolute Gasteiger partial charge is 0.459 e. The topological polar surface area (TPSA) is 13.1 Å². The minimum atomic E-state index is 0.0442. The van der Waals surface area contributed by atoms with Crippen molar-refractivity contribution in [1.82, 2.24) is 0 Å². The van der Waals surface area contributed by atoms with Crippen LogP contribution in [0.5, 0.6) is 0 Å². The molecule has 1 aromatic heterocycles. The van der Waals surface area contributed by atoms with Crippen LogP contribution in [0.4, 0.5) is 0 Å². The van der Waals surface area contributed by atoms with E-state index in [1.807, 2.05) is 18.2 Å². The second-order valence-electron chi connectivity index (χ2n) is 4.99. The number of para-hydroxylation sites is 1. The predicted molar refractivity (Wildman–Crippen MR) is 71.4 cm³/mol. The fourth-order valence-electron chi connectivity index (χ4n) is 2.80. The second kappa shape index (κ2) is 4.73. The maximum absolute atomic E-state index is 6.56. The molecule has 3 rings (SSSR count). The molecular weight excluding hydrogens is 232 g/mol. The van der Waals surface area contributed by atoms with Crippen molar-refractivity contribution < 1.29 is 4.42 Å². The SMILES string of the molecule is ClC(c1cc2ccccc2o1)C1CCCCC1. The van der Waals surface area contributed by atoms with E-state index >= 15 is 0 Å². The lowest BCUT2D eigenvalue weighted by Crippen LogP contribution is -2.11. The van der Waals surface area contributed by atoms with Gasteiger partial charge in [0, 0.05) is 5.39 Å². The molecule has 2 heteroatoms. The van der Waals surface area contributed by atoms with Crippen molar-refractivity contribution in [2.45, 2.75) is 37.5 Å². The summed E-state index contributed by atoms with van der Waals surface area (Å²) in [5, 5.41) is 1.20. The van der Waals surface area contributed by atoms with Gasteiger partial charge in [-0.15, -0.1) is 11.6 Å². The standard InChI is InChI=1S/C15H17ClO/c16-15(11-6-2-1-3-7-11)14-10-12-8-4-5-9-13(12)17-14/h4-5,8-11,15H,1-3,6-7H2. The number of fused-ring (bicyclic) bond motifs is 1. The Morgan fingerprint density at radius 1 is 1.12 bits per heavy atom. The van der Waals surface area contributed by atoms with E-state index in [1.165, 1.54) is 32.1 Å². The van der Waals surface area contributed by atoms with Gasteiger partial charge in [-0.2, -0.15) is 0 Å². The first-order valence-electron chi connectivity index (χ1n) is 6.47. The molecule has 1 aromatic carbocycles. The van der Waals surface area contributed by atoms with Gasteiger partial charge >= 0.3 is 0 Å². The summed E-state index contributed by atoms with van der Waals surface area (Å²) >= 11 is 6.56. The quantitative estimate of drug-likeness (QED) is 0.658. The summed E-state index contributed by atoms with van der Waals surface area (Å²) in [5.41, 5.74) is 0.948. The van der Waals surface area contributed by atoms with Crippen LogP contribution in [-0.4, -0.2) is 0 Å². The molecule has 2 aromatic rings. The Hall–Kier alpha value is -0.950. The minimum absolute atomic E-state index is 0.0442. The van der Waals surface area contributed by atoms with E-state index < -0.39 is 0 Å². The van der Waals surface area contributed by atoms with Gasteiger partial charge in [-0.05, 0) is 30.9 Å². The summed E-state index contributed by atoms with van der Waals surface area (Å²) in [7, 11) is 0. The summed E-state index contributed by atoms with van der Waals surface area (Å²) in [6, 6.07) is 10.2. The monoisotopic (exact) mass is 248 g/mol. The molecule has 17 heavy (non-hydrogen) atoms. The fourth-order valence-corrected chi connectivity index (χ4v) is 3.16. The van der Waals surface area contributed by atoms with E-state index in [2.05, 4.69) is 12.1 Å². The summed E-state index contributed by atoms with van der Waals surface area (Å²) < 4.78 is 5.85. The van der Waals surface area contributed by atoms with Crippen molar-refractivity contribution >= 4 is 22.6 Å². The Morgan fingerprint density at radius 3 is 2.65 bits per heavy atom. The summed E-state index contributed by atoms with van der Waals surface area (Å²) in [4.78, 5) is 0. The van der Waals surface area contributed by atoms with Crippen molar-refractivity contribution in [3.63, 3.8) is 0 Å². The van der Waals surface area contributed by atoms with E-state index in [-0.39, 0.29) is 5.38 Å². The Kier molecular flexibility index (Phi) is 3.11. The lowest BCUT2D eigenvalue weighted by atomic mass is 9.86. The minimum Gasteiger partial charge on any atom is -0.459 e. The highest BCUT2D eigenvalue weighted by Crippen LogP contribution is 2.40. The third-order valence-electron chi connectivity index (χ3n) is 3.78. The van der Waals surface area contributed by atoms with Crippen LogP contribution in [0.2, 0.25) is 0 Å². The average molecular weight is 249 g/mol. The van der Waals surface area contributed by atoms with Gasteiger partial charge in [0.25, 0.3) is 0 Å². The Balaban J connectivity index is 1.86. The van der Waals surface area contributed by atoms with Gasteiger partial charge in [0.2, 0.25) is 0 Å². The number of benzene rings is 1. The highest BCUT2D eigenvalue weighted by molar-refractivity contribution is 6.20. The van der Waals surface area contributed by atoms with Crippen LogP contribution in [0.25, 0.3) is 11.0 Å². The molecule has 1 aliphatic carbocycles. The molecule has 1 unspecified atom stereocenters. The van der Waals surface area contributed by atoms with E-state index in [0.29, 0.717) is 5.92 Å². The normalized spacial score (nSPS) is 19.6. The maximum atomic E-state index is 6.56. The Bertz CT molecular complexity index is 463. The predicted octanol–water partition coefficient (Wildman–Crippen LogP) is 5.29. The zero-order chi connectivity index (χ0) is 11.7. The zero-order valence-electron chi connectivity index (χ0n) is 9.86. The number of hydrogen-bond donors (Lipinski definition) is 0. The lowest BCUT2D eigenvalue weighted by molar-refractivity contribution is 0.328. The lowest BCUT2D eigenvalue weighted by Gasteiger charge is -2.24. The van der Waals surface area contributed by atoms with E-state index in [9.17, 15) is 0 Å². The van der Waals surface area contributed by atoms with Crippen LogP contribution in [0.3, 0.4) is 0 Å². The first-order valence-corrected chi connectivity index (χ1v) is 6.91.